The fourth-order valence-electron chi connectivity index (χ4n) is 1.99. The lowest BCUT2D eigenvalue weighted by Gasteiger charge is -2.22. The van der Waals surface area contributed by atoms with Crippen LogP contribution in [0, 0.1) is 6.92 Å². The highest BCUT2D eigenvalue weighted by atomic mass is 32.2. The van der Waals surface area contributed by atoms with E-state index in [0.29, 0.717) is 4.75 Å². The summed E-state index contributed by atoms with van der Waals surface area (Å²) in [6, 6.07) is 0. The van der Waals surface area contributed by atoms with Crippen LogP contribution in [0.3, 0.4) is 0 Å². The van der Waals surface area contributed by atoms with Crippen LogP contribution in [0.1, 0.15) is 31.2 Å². The molecule has 1 aliphatic rings. The lowest BCUT2D eigenvalue weighted by Crippen LogP contribution is -2.32. The van der Waals surface area contributed by atoms with Gasteiger partial charge in [-0.3, -0.25) is 0 Å². The Hall–Kier alpha value is -0.480. The number of H-pyrrole nitrogens is 1. The van der Waals surface area contributed by atoms with Crippen molar-refractivity contribution in [3.63, 3.8) is 0 Å². The Labute approximate surface area is 95.4 Å². The molecule has 0 amide bonds. The van der Waals surface area contributed by atoms with Gasteiger partial charge >= 0.3 is 0 Å². The van der Waals surface area contributed by atoms with Gasteiger partial charge in [-0.15, -0.1) is 0 Å². The third-order valence-electron chi connectivity index (χ3n) is 3.03. The zero-order chi connectivity index (χ0) is 10.7. The Morgan fingerprint density at radius 3 is 3.13 bits per heavy atom. The number of nitrogens with one attached hydrogen (secondary N) is 2. The Morgan fingerprint density at radius 1 is 1.67 bits per heavy atom. The number of aromatic amines is 1. The Morgan fingerprint density at radius 2 is 2.53 bits per heavy atom. The van der Waals surface area contributed by atoms with Crippen molar-refractivity contribution < 1.29 is 0 Å². The fourth-order valence-corrected chi connectivity index (χ4v) is 3.26. The number of imidazole rings is 1. The molecule has 0 spiro atoms. The molecule has 0 radical (unpaired) electrons. The number of aromatic nitrogens is 2. The quantitative estimate of drug-likeness (QED) is 0.824. The van der Waals surface area contributed by atoms with E-state index in [1.54, 1.807) is 6.33 Å². The molecule has 1 atom stereocenters. The molecule has 3 nitrogen and oxygen atoms in total. The average molecular weight is 225 g/mol. The van der Waals surface area contributed by atoms with Crippen LogP contribution in [-0.4, -0.2) is 27.0 Å². The maximum atomic E-state index is 4.28. The van der Waals surface area contributed by atoms with Crippen LogP contribution in [0.5, 0.6) is 0 Å². The van der Waals surface area contributed by atoms with Gasteiger partial charge in [-0.25, -0.2) is 4.98 Å². The van der Waals surface area contributed by atoms with E-state index in [4.69, 9.17) is 0 Å². The number of hydrogen-bond acceptors (Lipinski definition) is 3. The first-order chi connectivity index (χ1) is 7.20. The molecular weight excluding hydrogens is 206 g/mol. The second-order valence-electron chi connectivity index (χ2n) is 4.48. The second kappa shape index (κ2) is 4.58. The molecule has 1 unspecified atom stereocenters. The first kappa shape index (κ1) is 11.0. The second-order valence-corrected chi connectivity index (χ2v) is 6.16. The highest BCUT2D eigenvalue weighted by Gasteiger charge is 2.28. The molecule has 1 saturated heterocycles. The molecule has 84 valence electrons. The van der Waals surface area contributed by atoms with Gasteiger partial charge in [0, 0.05) is 23.5 Å². The predicted molar refractivity (Wildman–Crippen MR) is 65.1 cm³/mol. The highest BCUT2D eigenvalue weighted by Crippen LogP contribution is 2.36. The van der Waals surface area contributed by atoms with E-state index in [1.165, 1.54) is 24.3 Å². The first-order valence-electron chi connectivity index (χ1n) is 5.53. The van der Waals surface area contributed by atoms with Crippen LogP contribution in [0.2, 0.25) is 0 Å². The monoisotopic (exact) mass is 225 g/mol. The molecule has 4 heteroatoms. The maximum Gasteiger partial charge on any atom is 0.0925 e. The first-order valence-corrected chi connectivity index (χ1v) is 6.52. The van der Waals surface area contributed by atoms with Gasteiger partial charge < -0.3 is 10.3 Å². The molecular formula is C11H19N3S. The molecule has 2 rings (SSSR count). The summed E-state index contributed by atoms with van der Waals surface area (Å²) < 4.78 is 0.449. The van der Waals surface area contributed by atoms with E-state index in [1.807, 2.05) is 0 Å². The Kier molecular flexibility index (Phi) is 3.36. The summed E-state index contributed by atoms with van der Waals surface area (Å²) in [5.41, 5.74) is 2.31. The summed E-state index contributed by atoms with van der Waals surface area (Å²) in [6.07, 6.45) is 4.47. The molecule has 0 saturated carbocycles. The van der Waals surface area contributed by atoms with Gasteiger partial charge in [-0.05, 0) is 32.4 Å². The number of rotatable bonds is 4. The van der Waals surface area contributed by atoms with E-state index in [2.05, 4.69) is 40.9 Å². The molecule has 2 heterocycles. The van der Waals surface area contributed by atoms with Crippen molar-refractivity contribution >= 4 is 11.8 Å². The van der Waals surface area contributed by atoms with Crippen molar-refractivity contribution in [2.45, 2.75) is 38.0 Å². The van der Waals surface area contributed by atoms with Gasteiger partial charge in [0.2, 0.25) is 0 Å². The van der Waals surface area contributed by atoms with Gasteiger partial charge in [-0.1, -0.05) is 0 Å². The third kappa shape index (κ3) is 2.75. The Balaban J connectivity index is 1.77. The summed E-state index contributed by atoms with van der Waals surface area (Å²) in [5, 5.41) is 3.51. The largest absolute Gasteiger partial charge is 0.348 e. The SMILES string of the molecule is Cc1[nH]cnc1CNCC1(C)CCCS1. The number of aryl methyl sites for hydroxylation is 1. The van der Waals surface area contributed by atoms with Gasteiger partial charge in [0.25, 0.3) is 0 Å². The molecule has 1 fully saturated rings. The third-order valence-corrected chi connectivity index (χ3v) is 4.56. The van der Waals surface area contributed by atoms with Gasteiger partial charge in [0.15, 0.2) is 0 Å². The highest BCUT2D eigenvalue weighted by molar-refractivity contribution is 8.00. The minimum absolute atomic E-state index is 0.449. The molecule has 0 aromatic carbocycles. The maximum absolute atomic E-state index is 4.28. The lowest BCUT2D eigenvalue weighted by molar-refractivity contribution is 0.534. The lowest BCUT2D eigenvalue weighted by atomic mass is 10.1. The molecule has 15 heavy (non-hydrogen) atoms. The van der Waals surface area contributed by atoms with Crippen molar-refractivity contribution in [3.8, 4) is 0 Å². The van der Waals surface area contributed by atoms with E-state index in [9.17, 15) is 0 Å². The minimum Gasteiger partial charge on any atom is -0.348 e. The smallest absolute Gasteiger partial charge is 0.0925 e. The number of nitrogens with zero attached hydrogens (tertiary/aromatic N) is 1. The standard InChI is InChI=1S/C11H19N3S/c1-9-10(14-8-13-9)6-12-7-11(2)4-3-5-15-11/h8,12H,3-7H2,1-2H3,(H,13,14). The van der Waals surface area contributed by atoms with Crippen molar-refractivity contribution in [2.75, 3.05) is 12.3 Å². The van der Waals surface area contributed by atoms with Crippen LogP contribution in [0.4, 0.5) is 0 Å². The van der Waals surface area contributed by atoms with Gasteiger partial charge in [-0.2, -0.15) is 11.8 Å². The van der Waals surface area contributed by atoms with Crippen LogP contribution >= 0.6 is 11.8 Å². The summed E-state index contributed by atoms with van der Waals surface area (Å²) in [6.45, 7) is 6.39. The fraction of sp³-hybridized carbons (Fsp3) is 0.727. The topological polar surface area (TPSA) is 40.7 Å². The van der Waals surface area contributed by atoms with Crippen LogP contribution in [-0.2, 0) is 6.54 Å². The van der Waals surface area contributed by atoms with Crippen molar-refractivity contribution in [1.29, 1.82) is 0 Å². The molecule has 1 aromatic heterocycles. The molecule has 1 aliphatic heterocycles. The van der Waals surface area contributed by atoms with E-state index < -0.39 is 0 Å². The number of hydrogen-bond donors (Lipinski definition) is 2. The van der Waals surface area contributed by atoms with Crippen LogP contribution in [0.25, 0.3) is 0 Å². The zero-order valence-electron chi connectivity index (χ0n) is 9.47. The average Bonchev–Trinajstić information content (AvgIpc) is 2.78. The molecule has 0 aliphatic carbocycles. The predicted octanol–water partition coefficient (Wildman–Crippen LogP) is 2.09. The van der Waals surface area contributed by atoms with Gasteiger partial charge in [0.05, 0.1) is 12.0 Å². The summed E-state index contributed by atoms with van der Waals surface area (Å²) >= 11 is 2.10. The summed E-state index contributed by atoms with van der Waals surface area (Å²) in [7, 11) is 0. The van der Waals surface area contributed by atoms with Crippen molar-refractivity contribution in [2.24, 2.45) is 0 Å². The zero-order valence-corrected chi connectivity index (χ0v) is 10.3. The number of thioether (sulfide) groups is 1. The summed E-state index contributed by atoms with van der Waals surface area (Å²) in [5.74, 6) is 1.32. The molecule has 1 aromatic rings. The molecule has 0 bridgehead atoms. The van der Waals surface area contributed by atoms with Crippen molar-refractivity contribution in [3.05, 3.63) is 17.7 Å². The van der Waals surface area contributed by atoms with Crippen molar-refractivity contribution in [1.82, 2.24) is 15.3 Å². The minimum atomic E-state index is 0.449. The Bertz CT molecular complexity index is 315. The summed E-state index contributed by atoms with van der Waals surface area (Å²) in [4.78, 5) is 7.38. The molecule has 2 N–H and O–H groups in total. The van der Waals surface area contributed by atoms with E-state index in [-0.39, 0.29) is 0 Å². The normalized spacial score (nSPS) is 26.0. The van der Waals surface area contributed by atoms with Gasteiger partial charge in [0.1, 0.15) is 0 Å². The van der Waals surface area contributed by atoms with Crippen LogP contribution < -0.4 is 5.32 Å². The van der Waals surface area contributed by atoms with Crippen LogP contribution in [0.15, 0.2) is 6.33 Å². The van der Waals surface area contributed by atoms with E-state index in [0.717, 1.165) is 18.8 Å². The van der Waals surface area contributed by atoms with E-state index >= 15 is 0 Å².